The fourth-order valence-corrected chi connectivity index (χ4v) is 3.95. The number of carbonyl (C=O) groups is 1. The summed E-state index contributed by atoms with van der Waals surface area (Å²) in [6.07, 6.45) is 0. The number of H-pyrrole nitrogens is 1. The number of likely N-dealkylation sites (N-methyl/N-ethyl adjacent to an activating group) is 1. The molecule has 4 rings (SSSR count). The molecule has 0 spiro atoms. The number of quaternary nitrogens is 1. The van der Waals surface area contributed by atoms with E-state index < -0.39 is 0 Å². The lowest BCUT2D eigenvalue weighted by Crippen LogP contribution is -3.12. The van der Waals surface area contributed by atoms with Crippen molar-refractivity contribution in [1.29, 1.82) is 0 Å². The first kappa shape index (κ1) is 18.9. The molecule has 0 bridgehead atoms. The molecule has 1 fully saturated rings. The third kappa shape index (κ3) is 3.48. The van der Waals surface area contributed by atoms with Crippen LogP contribution < -0.4 is 10.5 Å². The summed E-state index contributed by atoms with van der Waals surface area (Å²) in [4.78, 5) is 32.2. The number of benzene rings is 2. The minimum absolute atomic E-state index is 0.0233. The number of halogens is 1. The Labute approximate surface area is 172 Å². The zero-order valence-electron chi connectivity index (χ0n) is 15.4. The fourth-order valence-electron chi connectivity index (χ4n) is 3.48. The molecule has 1 aliphatic rings. The van der Waals surface area contributed by atoms with E-state index in [0.717, 1.165) is 26.2 Å². The quantitative estimate of drug-likeness (QED) is 0.626. The summed E-state index contributed by atoms with van der Waals surface area (Å²) in [7, 11) is 2.13. The highest BCUT2D eigenvalue weighted by Gasteiger charge is 2.22. The van der Waals surface area contributed by atoms with Gasteiger partial charge in [0.25, 0.3) is 11.5 Å². The molecule has 1 amide bonds. The van der Waals surface area contributed by atoms with Crippen molar-refractivity contribution in [2.24, 2.45) is 0 Å². The number of hydrogen-bond acceptors (Lipinski definition) is 3. The maximum atomic E-state index is 13.0. The van der Waals surface area contributed by atoms with Crippen molar-refractivity contribution in [2.45, 2.75) is 0 Å². The molecule has 1 saturated heterocycles. The van der Waals surface area contributed by atoms with Gasteiger partial charge in [0.05, 0.1) is 49.8 Å². The maximum absolute atomic E-state index is 13.0. The summed E-state index contributed by atoms with van der Waals surface area (Å²) >= 11 is 11.4. The predicted octanol–water partition coefficient (Wildman–Crippen LogP) is 1.67. The molecule has 2 aromatic carbocycles. The molecule has 8 heteroatoms. The van der Waals surface area contributed by atoms with Crippen molar-refractivity contribution in [3.63, 3.8) is 0 Å². The topological polar surface area (TPSA) is 62.5 Å². The standard InChI is InChI=1S/C20H19ClN4O2S/c1-23-7-9-24(10-8-23)18(26)13-3-2-4-15(11-13)25-19(27)16-6-5-14(21)12-17(16)22-20(25)28/h2-6,11-12H,7-10H2,1H3,(H,22,28)/p+1. The molecule has 6 nitrogen and oxygen atoms in total. The molecule has 144 valence electrons. The van der Waals surface area contributed by atoms with E-state index in [1.165, 1.54) is 9.47 Å². The largest absolute Gasteiger partial charge is 0.334 e. The van der Waals surface area contributed by atoms with Crippen molar-refractivity contribution in [3.05, 3.63) is 68.2 Å². The second kappa shape index (κ2) is 7.50. The van der Waals surface area contributed by atoms with Crippen LogP contribution in [-0.2, 0) is 0 Å². The number of fused-ring (bicyclic) bond motifs is 1. The summed E-state index contributed by atoms with van der Waals surface area (Å²) in [6, 6.07) is 12.1. The van der Waals surface area contributed by atoms with Gasteiger partial charge in [-0.15, -0.1) is 0 Å². The Morgan fingerprint density at radius 2 is 1.93 bits per heavy atom. The van der Waals surface area contributed by atoms with Crippen LogP contribution in [-0.4, -0.2) is 53.6 Å². The van der Waals surface area contributed by atoms with E-state index in [2.05, 4.69) is 12.0 Å². The van der Waals surface area contributed by atoms with Crippen LogP contribution in [0.3, 0.4) is 0 Å². The molecule has 0 radical (unpaired) electrons. The van der Waals surface area contributed by atoms with Crippen LogP contribution in [0.2, 0.25) is 5.02 Å². The smallest absolute Gasteiger partial charge is 0.266 e. The van der Waals surface area contributed by atoms with E-state index in [1.54, 1.807) is 42.5 Å². The van der Waals surface area contributed by atoms with Crippen molar-refractivity contribution in [2.75, 3.05) is 33.2 Å². The van der Waals surface area contributed by atoms with Crippen LogP contribution in [0.25, 0.3) is 16.6 Å². The van der Waals surface area contributed by atoms with Crippen LogP contribution in [0.1, 0.15) is 10.4 Å². The van der Waals surface area contributed by atoms with Crippen molar-refractivity contribution < 1.29 is 9.69 Å². The fraction of sp³-hybridized carbons (Fsp3) is 0.250. The first-order valence-electron chi connectivity index (χ1n) is 9.09. The molecule has 0 atom stereocenters. The Hall–Kier alpha value is -2.48. The number of piperazine rings is 1. The van der Waals surface area contributed by atoms with Gasteiger partial charge in [-0.3, -0.25) is 14.2 Å². The molecule has 0 aliphatic carbocycles. The van der Waals surface area contributed by atoms with Gasteiger partial charge >= 0.3 is 0 Å². The average Bonchev–Trinajstić information content (AvgIpc) is 2.68. The number of hydrogen-bond donors (Lipinski definition) is 2. The Morgan fingerprint density at radius 1 is 1.18 bits per heavy atom. The maximum Gasteiger partial charge on any atom is 0.266 e. The number of aromatic nitrogens is 2. The third-order valence-corrected chi connectivity index (χ3v) is 5.64. The Bertz CT molecular complexity index is 1180. The van der Waals surface area contributed by atoms with Crippen molar-refractivity contribution in [1.82, 2.24) is 14.5 Å². The molecule has 2 heterocycles. The van der Waals surface area contributed by atoms with E-state index in [0.29, 0.717) is 27.2 Å². The van der Waals surface area contributed by atoms with Crippen LogP contribution in [0.15, 0.2) is 47.3 Å². The van der Waals surface area contributed by atoms with Gasteiger partial charge in [0.1, 0.15) is 0 Å². The first-order chi connectivity index (χ1) is 13.4. The first-order valence-corrected chi connectivity index (χ1v) is 9.88. The lowest BCUT2D eigenvalue weighted by molar-refractivity contribution is -0.883. The minimum atomic E-state index is -0.247. The van der Waals surface area contributed by atoms with Gasteiger partial charge in [0.2, 0.25) is 0 Å². The van der Waals surface area contributed by atoms with Crippen molar-refractivity contribution >= 4 is 40.6 Å². The highest BCUT2D eigenvalue weighted by molar-refractivity contribution is 7.71. The lowest BCUT2D eigenvalue weighted by Gasteiger charge is -2.30. The van der Waals surface area contributed by atoms with E-state index in [1.807, 2.05) is 4.90 Å². The number of amides is 1. The Kier molecular flexibility index (Phi) is 5.05. The molecule has 3 aromatic rings. The van der Waals surface area contributed by atoms with Crippen molar-refractivity contribution in [3.8, 4) is 5.69 Å². The molecule has 0 saturated carbocycles. The van der Waals surface area contributed by atoms with Gasteiger partial charge in [-0.1, -0.05) is 17.7 Å². The molecule has 1 aromatic heterocycles. The number of nitrogens with one attached hydrogen (secondary N) is 2. The SMILES string of the molecule is C[NH+]1CCN(C(=O)c2cccc(-n3c(=S)[nH]c4cc(Cl)ccc4c3=O)c2)CC1. The Morgan fingerprint density at radius 3 is 2.68 bits per heavy atom. The molecular formula is C20H20ClN4O2S+. The van der Waals surface area contributed by atoms with Gasteiger partial charge < -0.3 is 14.8 Å². The van der Waals surface area contributed by atoms with E-state index in [-0.39, 0.29) is 16.2 Å². The zero-order valence-corrected chi connectivity index (χ0v) is 16.9. The molecule has 0 unspecified atom stereocenters. The normalized spacial score (nSPS) is 15.1. The summed E-state index contributed by atoms with van der Waals surface area (Å²) in [5, 5.41) is 1.01. The number of carbonyl (C=O) groups excluding carboxylic acids is 1. The second-order valence-electron chi connectivity index (χ2n) is 7.06. The number of nitrogens with zero attached hydrogens (tertiary/aromatic N) is 2. The van der Waals surface area contributed by atoms with Gasteiger partial charge in [-0.25, -0.2) is 0 Å². The van der Waals surface area contributed by atoms with E-state index >= 15 is 0 Å². The molecule has 28 heavy (non-hydrogen) atoms. The molecule has 1 aliphatic heterocycles. The minimum Gasteiger partial charge on any atom is -0.334 e. The molecular weight excluding hydrogens is 396 g/mol. The lowest BCUT2D eigenvalue weighted by atomic mass is 10.1. The Balaban J connectivity index is 1.76. The third-order valence-electron chi connectivity index (χ3n) is 5.12. The van der Waals surface area contributed by atoms with Gasteiger partial charge in [-0.05, 0) is 48.6 Å². The van der Waals surface area contributed by atoms with Gasteiger partial charge in [0, 0.05) is 10.6 Å². The van der Waals surface area contributed by atoms with E-state index in [4.69, 9.17) is 23.8 Å². The molecule has 2 N–H and O–H groups in total. The summed E-state index contributed by atoms with van der Waals surface area (Å²) in [6.45, 7) is 3.32. The van der Waals surface area contributed by atoms with Crippen LogP contribution in [0.5, 0.6) is 0 Å². The monoisotopic (exact) mass is 415 g/mol. The van der Waals surface area contributed by atoms with Crippen LogP contribution >= 0.6 is 23.8 Å². The zero-order chi connectivity index (χ0) is 19.8. The second-order valence-corrected chi connectivity index (χ2v) is 7.88. The predicted molar refractivity (Wildman–Crippen MR) is 112 cm³/mol. The summed E-state index contributed by atoms with van der Waals surface area (Å²) in [5.41, 5.74) is 1.46. The van der Waals surface area contributed by atoms with Crippen LogP contribution in [0.4, 0.5) is 0 Å². The van der Waals surface area contributed by atoms with Gasteiger partial charge in [0.15, 0.2) is 4.77 Å². The summed E-state index contributed by atoms with van der Waals surface area (Å²) < 4.78 is 1.67. The number of aromatic amines is 1. The average molecular weight is 416 g/mol. The van der Waals surface area contributed by atoms with Gasteiger partial charge in [-0.2, -0.15) is 0 Å². The van der Waals surface area contributed by atoms with E-state index in [9.17, 15) is 9.59 Å². The summed E-state index contributed by atoms with van der Waals surface area (Å²) in [5.74, 6) is -0.0233. The van der Waals surface area contributed by atoms with Crippen LogP contribution in [0, 0.1) is 4.77 Å². The number of rotatable bonds is 2. The highest BCUT2D eigenvalue weighted by Crippen LogP contribution is 2.17. The highest BCUT2D eigenvalue weighted by atomic mass is 35.5.